The minimum Gasteiger partial charge on any atom is -0.329 e. The predicted octanol–water partition coefficient (Wildman–Crippen LogP) is 2.48. The number of nitrogens with two attached hydrogens (primary N) is 1. The maximum Gasteiger partial charge on any atom is 0.164 e. The topological polar surface area (TPSA) is 43.1 Å². The smallest absolute Gasteiger partial charge is 0.164 e. The fourth-order valence-corrected chi connectivity index (χ4v) is 1.30. The molecule has 1 unspecified atom stereocenters. The van der Waals surface area contributed by atoms with E-state index in [1.165, 1.54) is 0 Å². The quantitative estimate of drug-likeness (QED) is 0.640. The highest BCUT2D eigenvalue weighted by Gasteiger charge is 2.11. The van der Waals surface area contributed by atoms with E-state index in [0.717, 1.165) is 0 Å². The summed E-state index contributed by atoms with van der Waals surface area (Å²) in [6.45, 7) is 0.306. The average molecular weight is 232 g/mol. The Morgan fingerprint density at radius 3 is 2.43 bits per heavy atom. The van der Waals surface area contributed by atoms with Crippen molar-refractivity contribution in [3.63, 3.8) is 0 Å². The standard InChI is InChI=1S/C10H11Cl2NO/c11-8-3-1-7(2-4-8)10(14)5-9(12)6-13/h1-4,9H,5-6,13H2. The summed E-state index contributed by atoms with van der Waals surface area (Å²) >= 11 is 11.5. The van der Waals surface area contributed by atoms with Crippen molar-refractivity contribution in [2.24, 2.45) is 5.73 Å². The Balaban J connectivity index is 2.65. The predicted molar refractivity (Wildman–Crippen MR) is 59.1 cm³/mol. The van der Waals surface area contributed by atoms with Crippen molar-refractivity contribution in [2.75, 3.05) is 6.54 Å². The van der Waals surface area contributed by atoms with Gasteiger partial charge < -0.3 is 5.73 Å². The van der Waals surface area contributed by atoms with Crippen LogP contribution in [-0.2, 0) is 0 Å². The highest BCUT2D eigenvalue weighted by molar-refractivity contribution is 6.30. The number of carbonyl (C=O) groups excluding carboxylic acids is 1. The van der Waals surface area contributed by atoms with Crippen molar-refractivity contribution in [1.29, 1.82) is 0 Å². The van der Waals surface area contributed by atoms with Gasteiger partial charge in [0.05, 0.1) is 5.38 Å². The lowest BCUT2D eigenvalue weighted by molar-refractivity contribution is 0.0982. The van der Waals surface area contributed by atoms with Crippen LogP contribution in [0.15, 0.2) is 24.3 Å². The van der Waals surface area contributed by atoms with Crippen molar-refractivity contribution >= 4 is 29.0 Å². The lowest BCUT2D eigenvalue weighted by Gasteiger charge is -2.05. The molecule has 0 saturated heterocycles. The van der Waals surface area contributed by atoms with E-state index in [0.29, 0.717) is 17.1 Å². The summed E-state index contributed by atoms with van der Waals surface area (Å²) in [6.07, 6.45) is 0.264. The molecule has 0 aromatic heterocycles. The molecule has 14 heavy (non-hydrogen) atoms. The number of carbonyl (C=O) groups is 1. The highest BCUT2D eigenvalue weighted by atomic mass is 35.5. The van der Waals surface area contributed by atoms with Crippen LogP contribution in [0.1, 0.15) is 16.8 Å². The third-order valence-corrected chi connectivity index (χ3v) is 2.41. The van der Waals surface area contributed by atoms with Crippen LogP contribution >= 0.6 is 23.2 Å². The van der Waals surface area contributed by atoms with E-state index in [9.17, 15) is 4.79 Å². The Bertz CT molecular complexity index is 310. The molecule has 0 spiro atoms. The van der Waals surface area contributed by atoms with Crippen molar-refractivity contribution in [2.45, 2.75) is 11.8 Å². The van der Waals surface area contributed by atoms with Gasteiger partial charge in [0.2, 0.25) is 0 Å². The van der Waals surface area contributed by atoms with Gasteiger partial charge in [-0.15, -0.1) is 11.6 Å². The number of hydrogen-bond donors (Lipinski definition) is 1. The van der Waals surface area contributed by atoms with Crippen LogP contribution in [0.25, 0.3) is 0 Å². The normalized spacial score (nSPS) is 12.5. The molecule has 0 aliphatic rings. The molecule has 0 bridgehead atoms. The first-order valence-electron chi connectivity index (χ1n) is 4.26. The van der Waals surface area contributed by atoms with Gasteiger partial charge in [-0.1, -0.05) is 11.6 Å². The van der Waals surface area contributed by atoms with Gasteiger partial charge in [-0.3, -0.25) is 4.79 Å². The number of benzene rings is 1. The van der Waals surface area contributed by atoms with Gasteiger partial charge in [-0.05, 0) is 24.3 Å². The molecule has 1 aromatic rings. The zero-order chi connectivity index (χ0) is 10.6. The third-order valence-electron chi connectivity index (χ3n) is 1.83. The third kappa shape index (κ3) is 3.29. The first-order valence-corrected chi connectivity index (χ1v) is 5.08. The second-order valence-electron chi connectivity index (χ2n) is 2.97. The summed E-state index contributed by atoms with van der Waals surface area (Å²) < 4.78 is 0. The minimum atomic E-state index is -0.293. The molecule has 2 nitrogen and oxygen atoms in total. The Hall–Kier alpha value is -0.570. The van der Waals surface area contributed by atoms with Crippen LogP contribution in [0.5, 0.6) is 0 Å². The van der Waals surface area contributed by atoms with E-state index < -0.39 is 0 Å². The molecular formula is C10H11Cl2NO. The van der Waals surface area contributed by atoms with E-state index in [1.54, 1.807) is 24.3 Å². The molecule has 4 heteroatoms. The Morgan fingerprint density at radius 2 is 1.93 bits per heavy atom. The maximum atomic E-state index is 11.5. The molecule has 0 aliphatic heterocycles. The number of halogens is 2. The zero-order valence-electron chi connectivity index (χ0n) is 7.54. The number of Topliss-reactive ketones (excluding diaryl/α,β-unsaturated/α-hetero) is 1. The summed E-state index contributed by atoms with van der Waals surface area (Å²) in [5, 5.41) is 0.320. The van der Waals surface area contributed by atoms with Gasteiger partial charge in [0, 0.05) is 23.6 Å². The van der Waals surface area contributed by atoms with Crippen molar-refractivity contribution in [1.82, 2.24) is 0 Å². The van der Waals surface area contributed by atoms with E-state index >= 15 is 0 Å². The molecule has 2 N–H and O–H groups in total. The Kier molecular flexibility index (Phi) is 4.39. The van der Waals surface area contributed by atoms with Crippen LogP contribution < -0.4 is 5.73 Å². The summed E-state index contributed by atoms with van der Waals surface area (Å²) in [6, 6.07) is 6.73. The SMILES string of the molecule is NCC(Cl)CC(=O)c1ccc(Cl)cc1. The molecular weight excluding hydrogens is 221 g/mol. The van der Waals surface area contributed by atoms with Crippen LogP contribution in [0.4, 0.5) is 0 Å². The van der Waals surface area contributed by atoms with Gasteiger partial charge in [-0.2, -0.15) is 0 Å². The second-order valence-corrected chi connectivity index (χ2v) is 4.02. The minimum absolute atomic E-state index is 0.00730. The van der Waals surface area contributed by atoms with Gasteiger partial charge in [0.15, 0.2) is 5.78 Å². The lowest BCUT2D eigenvalue weighted by Crippen LogP contribution is -2.18. The Labute approximate surface area is 93.0 Å². The summed E-state index contributed by atoms with van der Waals surface area (Å²) in [4.78, 5) is 11.5. The van der Waals surface area contributed by atoms with Crippen LogP contribution in [0.3, 0.4) is 0 Å². The molecule has 0 fully saturated rings. The summed E-state index contributed by atoms with van der Waals surface area (Å²) in [7, 11) is 0. The van der Waals surface area contributed by atoms with E-state index in [1.807, 2.05) is 0 Å². The second kappa shape index (κ2) is 5.35. The first-order chi connectivity index (χ1) is 6.63. The lowest BCUT2D eigenvalue weighted by atomic mass is 10.1. The molecule has 0 radical (unpaired) electrons. The van der Waals surface area contributed by atoms with Gasteiger partial charge in [0.1, 0.15) is 0 Å². The van der Waals surface area contributed by atoms with Crippen LogP contribution in [0, 0.1) is 0 Å². The molecule has 76 valence electrons. The van der Waals surface area contributed by atoms with Gasteiger partial charge >= 0.3 is 0 Å². The molecule has 1 aromatic carbocycles. The molecule has 1 rings (SSSR count). The van der Waals surface area contributed by atoms with Crippen LogP contribution in [0.2, 0.25) is 5.02 Å². The Morgan fingerprint density at radius 1 is 1.36 bits per heavy atom. The molecule has 1 atom stereocenters. The van der Waals surface area contributed by atoms with E-state index in [2.05, 4.69) is 0 Å². The number of hydrogen-bond acceptors (Lipinski definition) is 2. The highest BCUT2D eigenvalue weighted by Crippen LogP contribution is 2.13. The fraction of sp³-hybridized carbons (Fsp3) is 0.300. The van der Waals surface area contributed by atoms with Crippen molar-refractivity contribution in [3.8, 4) is 0 Å². The number of alkyl halides is 1. The van der Waals surface area contributed by atoms with E-state index in [-0.39, 0.29) is 17.6 Å². The van der Waals surface area contributed by atoms with E-state index in [4.69, 9.17) is 28.9 Å². The molecule has 0 saturated carbocycles. The largest absolute Gasteiger partial charge is 0.329 e. The van der Waals surface area contributed by atoms with Crippen molar-refractivity contribution in [3.05, 3.63) is 34.9 Å². The monoisotopic (exact) mass is 231 g/mol. The molecule has 0 amide bonds. The average Bonchev–Trinajstić information content (AvgIpc) is 2.18. The zero-order valence-corrected chi connectivity index (χ0v) is 9.05. The van der Waals surface area contributed by atoms with Crippen molar-refractivity contribution < 1.29 is 4.79 Å². The number of ketones is 1. The molecule has 0 aliphatic carbocycles. The summed E-state index contributed by atoms with van der Waals surface area (Å²) in [5.41, 5.74) is 5.94. The fourth-order valence-electron chi connectivity index (χ4n) is 1.04. The number of rotatable bonds is 4. The maximum absolute atomic E-state index is 11.5. The van der Waals surface area contributed by atoms with Crippen LogP contribution in [-0.4, -0.2) is 17.7 Å². The van der Waals surface area contributed by atoms with Gasteiger partial charge in [0.25, 0.3) is 0 Å². The van der Waals surface area contributed by atoms with Gasteiger partial charge in [-0.25, -0.2) is 0 Å². The summed E-state index contributed by atoms with van der Waals surface area (Å²) in [5.74, 6) is -0.00730. The first kappa shape index (κ1) is 11.5. The molecule has 0 heterocycles.